The molecule has 0 atom stereocenters. The maximum absolute atomic E-state index is 13.6. The van der Waals surface area contributed by atoms with Gasteiger partial charge in [0.2, 0.25) is 5.91 Å². The summed E-state index contributed by atoms with van der Waals surface area (Å²) in [6.07, 6.45) is 0.162. The van der Waals surface area contributed by atoms with Gasteiger partial charge in [0.05, 0.1) is 7.11 Å². The lowest BCUT2D eigenvalue weighted by Crippen LogP contribution is -2.31. The van der Waals surface area contributed by atoms with Crippen molar-refractivity contribution in [3.8, 4) is 5.75 Å². The Bertz CT molecular complexity index is 438. The largest absolute Gasteiger partial charge is 0.494 e. The highest BCUT2D eigenvalue weighted by molar-refractivity contribution is 5.76. The molecule has 0 aliphatic heterocycles. The Labute approximate surface area is 104 Å². The number of hydrogen-bond donors (Lipinski definition) is 1. The van der Waals surface area contributed by atoms with Crippen molar-refractivity contribution in [1.29, 1.82) is 0 Å². The third-order valence-electron chi connectivity index (χ3n) is 2.60. The van der Waals surface area contributed by atoms with Gasteiger partial charge in [0, 0.05) is 19.7 Å². The number of likely N-dealkylation sites (N-methyl/N-ethyl adjacent to an activating group) is 1. The minimum Gasteiger partial charge on any atom is -0.494 e. The number of benzene rings is 1. The Balaban J connectivity index is 2.74. The van der Waals surface area contributed by atoms with Crippen molar-refractivity contribution in [1.82, 2.24) is 4.90 Å². The Morgan fingerprint density at radius 1 is 1.39 bits per heavy atom. The number of rotatable bonds is 5. The van der Waals surface area contributed by atoms with Gasteiger partial charge >= 0.3 is 0 Å². The molecule has 0 bridgehead atoms. The lowest BCUT2D eigenvalue weighted by Gasteiger charge is -2.16. The zero-order valence-electron chi connectivity index (χ0n) is 10.2. The molecular formula is C12H15F2NO3. The van der Waals surface area contributed by atoms with Crippen LogP contribution >= 0.6 is 0 Å². The molecule has 0 heterocycles. The van der Waals surface area contributed by atoms with Crippen molar-refractivity contribution in [2.45, 2.75) is 6.42 Å². The number of halogens is 2. The SMILES string of the molecule is COc1cc(F)c(CCN(C)C(=O)CO)cc1F. The molecule has 1 N–H and O–H groups in total. The van der Waals surface area contributed by atoms with Crippen molar-refractivity contribution < 1.29 is 23.4 Å². The molecule has 18 heavy (non-hydrogen) atoms. The molecule has 1 amide bonds. The van der Waals surface area contributed by atoms with Crippen LogP contribution in [-0.4, -0.2) is 43.2 Å². The number of methoxy groups -OCH3 is 1. The first-order chi connectivity index (χ1) is 8.49. The summed E-state index contributed by atoms with van der Waals surface area (Å²) >= 11 is 0. The van der Waals surface area contributed by atoms with Gasteiger partial charge < -0.3 is 14.7 Å². The number of aliphatic hydroxyl groups is 1. The van der Waals surface area contributed by atoms with Gasteiger partial charge in [0.25, 0.3) is 0 Å². The van der Waals surface area contributed by atoms with E-state index < -0.39 is 24.1 Å². The van der Waals surface area contributed by atoms with Gasteiger partial charge in [-0.2, -0.15) is 0 Å². The predicted molar refractivity (Wildman–Crippen MR) is 61.3 cm³/mol. The lowest BCUT2D eigenvalue weighted by molar-refractivity contribution is -0.132. The van der Waals surface area contributed by atoms with Crippen molar-refractivity contribution in [3.05, 3.63) is 29.3 Å². The van der Waals surface area contributed by atoms with E-state index in [2.05, 4.69) is 4.74 Å². The van der Waals surface area contributed by atoms with Crippen molar-refractivity contribution >= 4 is 5.91 Å². The van der Waals surface area contributed by atoms with E-state index in [0.717, 1.165) is 12.1 Å². The zero-order chi connectivity index (χ0) is 13.7. The molecule has 4 nitrogen and oxygen atoms in total. The van der Waals surface area contributed by atoms with Crippen LogP contribution < -0.4 is 4.74 Å². The maximum Gasteiger partial charge on any atom is 0.248 e. The Hall–Kier alpha value is -1.69. The second-order valence-electron chi connectivity index (χ2n) is 3.80. The van der Waals surface area contributed by atoms with Crippen LogP contribution in [0.25, 0.3) is 0 Å². The highest BCUT2D eigenvalue weighted by Gasteiger charge is 2.12. The van der Waals surface area contributed by atoms with Gasteiger partial charge in [-0.05, 0) is 18.1 Å². The molecule has 100 valence electrons. The number of carbonyl (C=O) groups excluding carboxylic acids is 1. The Morgan fingerprint density at radius 3 is 2.61 bits per heavy atom. The number of nitrogens with zero attached hydrogens (tertiary/aromatic N) is 1. The van der Waals surface area contributed by atoms with E-state index in [1.807, 2.05) is 0 Å². The van der Waals surface area contributed by atoms with E-state index >= 15 is 0 Å². The van der Waals surface area contributed by atoms with Gasteiger partial charge in [0.15, 0.2) is 11.6 Å². The van der Waals surface area contributed by atoms with Crippen LogP contribution in [0.15, 0.2) is 12.1 Å². The molecule has 0 unspecified atom stereocenters. The topological polar surface area (TPSA) is 49.8 Å². The maximum atomic E-state index is 13.6. The highest BCUT2D eigenvalue weighted by Crippen LogP contribution is 2.21. The molecule has 0 saturated carbocycles. The number of hydrogen-bond acceptors (Lipinski definition) is 3. The van der Waals surface area contributed by atoms with Crippen molar-refractivity contribution in [2.75, 3.05) is 27.3 Å². The lowest BCUT2D eigenvalue weighted by atomic mass is 10.1. The van der Waals surface area contributed by atoms with E-state index in [4.69, 9.17) is 5.11 Å². The quantitative estimate of drug-likeness (QED) is 0.857. The molecule has 0 saturated heterocycles. The van der Waals surface area contributed by atoms with E-state index in [9.17, 15) is 13.6 Å². The summed E-state index contributed by atoms with van der Waals surface area (Å²) in [6.45, 7) is -0.405. The summed E-state index contributed by atoms with van der Waals surface area (Å²) in [4.78, 5) is 12.3. The average Bonchev–Trinajstić information content (AvgIpc) is 2.37. The fraction of sp³-hybridized carbons (Fsp3) is 0.417. The van der Waals surface area contributed by atoms with E-state index in [0.29, 0.717) is 0 Å². The summed E-state index contributed by atoms with van der Waals surface area (Å²) in [5, 5.41) is 8.63. The van der Waals surface area contributed by atoms with Gasteiger partial charge in [-0.15, -0.1) is 0 Å². The molecule has 1 aromatic rings. The fourth-order valence-electron chi connectivity index (χ4n) is 1.45. The van der Waals surface area contributed by atoms with Crippen LogP contribution in [0.3, 0.4) is 0 Å². The van der Waals surface area contributed by atoms with Gasteiger partial charge in [0.1, 0.15) is 12.4 Å². The van der Waals surface area contributed by atoms with Gasteiger partial charge in [-0.1, -0.05) is 0 Å². The summed E-state index contributed by atoms with van der Waals surface area (Å²) in [5.41, 5.74) is 0.158. The predicted octanol–water partition coefficient (Wildman–Crippen LogP) is 0.967. The molecule has 1 aromatic carbocycles. The van der Waals surface area contributed by atoms with Gasteiger partial charge in [-0.25, -0.2) is 8.78 Å². The fourth-order valence-corrected chi connectivity index (χ4v) is 1.45. The highest BCUT2D eigenvalue weighted by atomic mass is 19.1. The third kappa shape index (κ3) is 3.40. The Morgan fingerprint density at radius 2 is 2.06 bits per heavy atom. The number of carbonyl (C=O) groups is 1. The Kier molecular flexibility index (Phi) is 5.03. The molecule has 1 rings (SSSR count). The molecular weight excluding hydrogens is 244 g/mol. The van der Waals surface area contributed by atoms with Crippen LogP contribution in [0.4, 0.5) is 8.78 Å². The van der Waals surface area contributed by atoms with Gasteiger partial charge in [-0.3, -0.25) is 4.79 Å². The first-order valence-corrected chi connectivity index (χ1v) is 5.36. The average molecular weight is 259 g/mol. The number of amides is 1. The molecule has 0 aromatic heterocycles. The van der Waals surface area contributed by atoms with E-state index in [1.165, 1.54) is 19.1 Å². The molecule has 0 radical (unpaired) electrons. The van der Waals surface area contributed by atoms with Crippen LogP contribution in [0.5, 0.6) is 5.75 Å². The zero-order valence-corrected chi connectivity index (χ0v) is 10.2. The first kappa shape index (κ1) is 14.4. The molecule has 0 aliphatic rings. The minimum absolute atomic E-state index is 0.156. The summed E-state index contributed by atoms with van der Waals surface area (Å²) in [7, 11) is 2.74. The van der Waals surface area contributed by atoms with Crippen LogP contribution in [0.1, 0.15) is 5.56 Å². The summed E-state index contributed by atoms with van der Waals surface area (Å²) < 4.78 is 31.6. The first-order valence-electron chi connectivity index (χ1n) is 5.36. The smallest absolute Gasteiger partial charge is 0.248 e. The third-order valence-corrected chi connectivity index (χ3v) is 2.60. The molecule has 6 heteroatoms. The normalized spacial score (nSPS) is 10.3. The monoisotopic (exact) mass is 259 g/mol. The van der Waals surface area contributed by atoms with Crippen molar-refractivity contribution in [2.24, 2.45) is 0 Å². The van der Waals surface area contributed by atoms with E-state index in [-0.39, 0.29) is 24.3 Å². The molecule has 0 spiro atoms. The standard InChI is InChI=1S/C12H15F2NO3/c1-15(12(17)7-16)4-3-8-5-10(14)11(18-2)6-9(8)13/h5-6,16H,3-4,7H2,1-2H3. The second-order valence-corrected chi connectivity index (χ2v) is 3.80. The number of ether oxygens (including phenoxy) is 1. The summed E-state index contributed by atoms with van der Waals surface area (Å²) in [6, 6.07) is 2.02. The van der Waals surface area contributed by atoms with Crippen LogP contribution in [0, 0.1) is 11.6 Å². The summed E-state index contributed by atoms with van der Waals surface area (Å²) in [5.74, 6) is -1.86. The van der Waals surface area contributed by atoms with Crippen LogP contribution in [-0.2, 0) is 11.2 Å². The van der Waals surface area contributed by atoms with Crippen LogP contribution in [0.2, 0.25) is 0 Å². The van der Waals surface area contributed by atoms with Crippen molar-refractivity contribution in [3.63, 3.8) is 0 Å². The second kappa shape index (κ2) is 6.30. The number of aliphatic hydroxyl groups excluding tert-OH is 1. The van der Waals surface area contributed by atoms with E-state index in [1.54, 1.807) is 0 Å². The molecule has 0 fully saturated rings. The molecule has 0 aliphatic carbocycles. The minimum atomic E-state index is -0.648.